The van der Waals surface area contributed by atoms with Gasteiger partial charge >= 0.3 is 5.97 Å². The van der Waals surface area contributed by atoms with Crippen molar-refractivity contribution in [2.24, 2.45) is 0 Å². The molecule has 0 aliphatic carbocycles. The zero-order chi connectivity index (χ0) is 11.4. The second kappa shape index (κ2) is 4.81. The van der Waals surface area contributed by atoms with Crippen LogP contribution in [0.1, 0.15) is 16.1 Å². The molecule has 0 N–H and O–H groups in total. The molecular weight excluding hydrogens is 230 g/mol. The van der Waals surface area contributed by atoms with E-state index in [-0.39, 0.29) is 12.4 Å². The summed E-state index contributed by atoms with van der Waals surface area (Å²) in [5.41, 5.74) is 0.768. The number of ether oxygens (including phenoxy) is 1. The summed E-state index contributed by atoms with van der Waals surface area (Å²) in [7, 11) is 0. The van der Waals surface area contributed by atoms with Crippen LogP contribution in [0.3, 0.4) is 0 Å². The van der Waals surface area contributed by atoms with Crippen LogP contribution >= 0.6 is 11.6 Å². The zero-order valence-corrected chi connectivity index (χ0v) is 8.98. The monoisotopic (exact) mass is 237 g/mol. The highest BCUT2D eigenvalue weighted by Gasteiger charge is 2.09. The number of carbonyl (C=O) groups excluding carboxylic acids is 1. The van der Waals surface area contributed by atoms with Gasteiger partial charge < -0.3 is 9.15 Å². The summed E-state index contributed by atoms with van der Waals surface area (Å²) in [5.74, 6) is -0.318. The van der Waals surface area contributed by atoms with Gasteiger partial charge in [0.05, 0.1) is 6.26 Å². The number of pyridine rings is 1. The summed E-state index contributed by atoms with van der Waals surface area (Å²) in [6, 6.07) is 6.55. The Hall–Kier alpha value is -1.81. The number of halogens is 1. The minimum atomic E-state index is -0.500. The van der Waals surface area contributed by atoms with Crippen LogP contribution in [-0.2, 0) is 11.3 Å². The summed E-state index contributed by atoms with van der Waals surface area (Å²) in [6.07, 6.45) is 2.97. The van der Waals surface area contributed by atoms with Crippen LogP contribution in [-0.4, -0.2) is 11.0 Å². The summed E-state index contributed by atoms with van der Waals surface area (Å²) in [4.78, 5) is 15.3. The van der Waals surface area contributed by atoms with E-state index in [4.69, 9.17) is 20.8 Å². The molecule has 0 aliphatic rings. The third-order valence-electron chi connectivity index (χ3n) is 1.88. The Balaban J connectivity index is 1.93. The predicted octanol–water partition coefficient (Wildman–Crippen LogP) is 2.69. The van der Waals surface area contributed by atoms with E-state index in [1.165, 1.54) is 6.26 Å². The largest absolute Gasteiger partial charge is 0.457 e. The van der Waals surface area contributed by atoms with Crippen molar-refractivity contribution in [3.8, 4) is 0 Å². The molecule has 2 aromatic heterocycles. The molecule has 0 aromatic carbocycles. The number of hydrogen-bond acceptors (Lipinski definition) is 4. The van der Waals surface area contributed by atoms with Crippen molar-refractivity contribution in [1.29, 1.82) is 0 Å². The lowest BCUT2D eigenvalue weighted by atomic mass is 10.3. The molecule has 0 radical (unpaired) electrons. The third kappa shape index (κ3) is 2.61. The van der Waals surface area contributed by atoms with E-state index in [2.05, 4.69) is 4.98 Å². The molecule has 0 unspecified atom stereocenters. The number of nitrogens with zero attached hydrogens (tertiary/aromatic N) is 1. The van der Waals surface area contributed by atoms with Gasteiger partial charge in [0.25, 0.3) is 0 Å². The Morgan fingerprint density at radius 1 is 1.44 bits per heavy atom. The molecule has 16 heavy (non-hydrogen) atoms. The van der Waals surface area contributed by atoms with Gasteiger partial charge in [0, 0.05) is 11.8 Å². The van der Waals surface area contributed by atoms with Gasteiger partial charge in [-0.15, -0.1) is 0 Å². The first kappa shape index (κ1) is 10.7. The Labute approximate surface area is 96.8 Å². The number of esters is 1. The molecule has 2 rings (SSSR count). The first-order chi connectivity index (χ1) is 7.75. The quantitative estimate of drug-likeness (QED) is 0.608. The smallest absolute Gasteiger partial charge is 0.374 e. The maximum atomic E-state index is 11.4. The number of hydrogen-bond donors (Lipinski definition) is 0. The normalized spacial score (nSPS) is 10.1. The van der Waals surface area contributed by atoms with E-state index in [9.17, 15) is 4.79 Å². The van der Waals surface area contributed by atoms with Gasteiger partial charge in [-0.25, -0.2) is 9.78 Å². The second-order valence-electron chi connectivity index (χ2n) is 3.04. The van der Waals surface area contributed by atoms with Crippen LogP contribution < -0.4 is 0 Å². The Bertz CT molecular complexity index is 464. The molecule has 0 spiro atoms. The topological polar surface area (TPSA) is 52.3 Å². The van der Waals surface area contributed by atoms with Crippen molar-refractivity contribution >= 4 is 17.6 Å². The summed E-state index contributed by atoms with van der Waals surface area (Å²) in [5, 5.41) is 0.404. The SMILES string of the molecule is O=C(OCc1ccc(Cl)nc1)c1ccco1. The fourth-order valence-corrected chi connectivity index (χ4v) is 1.22. The second-order valence-corrected chi connectivity index (χ2v) is 3.43. The minimum Gasteiger partial charge on any atom is -0.457 e. The first-order valence-corrected chi connectivity index (χ1v) is 4.94. The lowest BCUT2D eigenvalue weighted by Gasteiger charge is -2.02. The lowest BCUT2D eigenvalue weighted by molar-refractivity contribution is 0.0436. The lowest BCUT2D eigenvalue weighted by Crippen LogP contribution is -2.03. The zero-order valence-electron chi connectivity index (χ0n) is 8.22. The molecule has 4 nitrogen and oxygen atoms in total. The minimum absolute atomic E-state index is 0.143. The number of aromatic nitrogens is 1. The molecule has 0 amide bonds. The molecule has 0 saturated heterocycles. The average Bonchev–Trinajstić information content (AvgIpc) is 2.81. The molecule has 2 aromatic rings. The predicted molar refractivity (Wildman–Crippen MR) is 57.1 cm³/mol. The van der Waals surface area contributed by atoms with Crippen molar-refractivity contribution in [2.45, 2.75) is 6.61 Å². The molecule has 2 heterocycles. The highest BCUT2D eigenvalue weighted by molar-refractivity contribution is 6.29. The Morgan fingerprint density at radius 3 is 2.94 bits per heavy atom. The maximum absolute atomic E-state index is 11.4. The molecule has 0 fully saturated rings. The van der Waals surface area contributed by atoms with Gasteiger partial charge in [0.2, 0.25) is 5.76 Å². The Kier molecular flexibility index (Phi) is 3.22. The van der Waals surface area contributed by atoms with Gasteiger partial charge in [-0.1, -0.05) is 17.7 Å². The van der Waals surface area contributed by atoms with E-state index in [1.54, 1.807) is 30.5 Å². The highest BCUT2D eigenvalue weighted by atomic mass is 35.5. The van der Waals surface area contributed by atoms with Crippen molar-refractivity contribution in [3.05, 3.63) is 53.2 Å². The highest BCUT2D eigenvalue weighted by Crippen LogP contribution is 2.08. The van der Waals surface area contributed by atoms with Crippen molar-refractivity contribution < 1.29 is 13.9 Å². The van der Waals surface area contributed by atoms with E-state index in [0.717, 1.165) is 5.56 Å². The van der Waals surface area contributed by atoms with Crippen LogP contribution in [0.4, 0.5) is 0 Å². The molecule has 0 atom stereocenters. The Morgan fingerprint density at radius 2 is 2.31 bits per heavy atom. The van der Waals surface area contributed by atoms with Crippen LogP contribution in [0.5, 0.6) is 0 Å². The average molecular weight is 238 g/mol. The van der Waals surface area contributed by atoms with Crippen molar-refractivity contribution in [2.75, 3.05) is 0 Å². The standard InChI is InChI=1S/C11H8ClNO3/c12-10-4-3-8(6-13-10)7-16-11(14)9-2-1-5-15-9/h1-6H,7H2. The summed E-state index contributed by atoms with van der Waals surface area (Å²) in [6.45, 7) is 0.143. The van der Waals surface area contributed by atoms with Crippen molar-refractivity contribution in [3.63, 3.8) is 0 Å². The number of carbonyl (C=O) groups is 1. The van der Waals surface area contributed by atoms with Gasteiger partial charge in [0.15, 0.2) is 0 Å². The molecule has 0 saturated carbocycles. The number of rotatable bonds is 3. The third-order valence-corrected chi connectivity index (χ3v) is 2.10. The summed E-state index contributed by atoms with van der Waals surface area (Å²) < 4.78 is 9.89. The molecule has 82 valence electrons. The van der Waals surface area contributed by atoms with Gasteiger partial charge in [-0.2, -0.15) is 0 Å². The van der Waals surface area contributed by atoms with Crippen LogP contribution in [0, 0.1) is 0 Å². The molecule has 0 bridgehead atoms. The van der Waals surface area contributed by atoms with Gasteiger partial charge in [-0.05, 0) is 18.2 Å². The van der Waals surface area contributed by atoms with Crippen LogP contribution in [0.15, 0.2) is 41.1 Å². The first-order valence-electron chi connectivity index (χ1n) is 4.57. The fourth-order valence-electron chi connectivity index (χ4n) is 1.11. The van der Waals surface area contributed by atoms with Gasteiger partial charge in [0.1, 0.15) is 11.8 Å². The van der Waals surface area contributed by atoms with Crippen LogP contribution in [0.25, 0.3) is 0 Å². The molecule has 5 heteroatoms. The molecular formula is C11H8ClNO3. The number of furan rings is 1. The molecule has 0 aliphatic heterocycles. The van der Waals surface area contributed by atoms with E-state index < -0.39 is 5.97 Å². The van der Waals surface area contributed by atoms with E-state index >= 15 is 0 Å². The maximum Gasteiger partial charge on any atom is 0.374 e. The summed E-state index contributed by atoms with van der Waals surface area (Å²) >= 11 is 5.62. The van der Waals surface area contributed by atoms with E-state index in [1.807, 2.05) is 0 Å². The fraction of sp³-hybridized carbons (Fsp3) is 0.0909. The van der Waals surface area contributed by atoms with Gasteiger partial charge in [-0.3, -0.25) is 0 Å². The van der Waals surface area contributed by atoms with Crippen molar-refractivity contribution in [1.82, 2.24) is 4.98 Å². The van der Waals surface area contributed by atoms with Crippen LogP contribution in [0.2, 0.25) is 5.15 Å². The van der Waals surface area contributed by atoms with E-state index in [0.29, 0.717) is 5.15 Å².